The lowest BCUT2D eigenvalue weighted by atomic mass is 10.2. The Morgan fingerprint density at radius 2 is 2.16 bits per heavy atom. The van der Waals surface area contributed by atoms with Crippen LogP contribution in [-0.4, -0.2) is 60.8 Å². The van der Waals surface area contributed by atoms with Crippen LogP contribution in [0.3, 0.4) is 0 Å². The zero-order valence-electron chi connectivity index (χ0n) is 13.7. The summed E-state index contributed by atoms with van der Waals surface area (Å²) in [6.07, 6.45) is -0.826. The van der Waals surface area contributed by atoms with E-state index in [1.54, 1.807) is 12.1 Å². The Morgan fingerprint density at radius 3 is 2.88 bits per heavy atom. The predicted octanol–water partition coefficient (Wildman–Crippen LogP) is 1.92. The molecule has 0 bridgehead atoms. The van der Waals surface area contributed by atoms with Crippen LogP contribution in [0.25, 0.3) is 0 Å². The molecule has 0 spiro atoms. The van der Waals surface area contributed by atoms with Crippen molar-refractivity contribution >= 4 is 46.9 Å². The number of hydrogen-bond acceptors (Lipinski definition) is 6. The number of amides is 2. The summed E-state index contributed by atoms with van der Waals surface area (Å²) in [6, 6.07) is 4.78. The van der Waals surface area contributed by atoms with Crippen LogP contribution in [0.2, 0.25) is 0 Å². The van der Waals surface area contributed by atoms with Gasteiger partial charge in [0.2, 0.25) is 5.91 Å². The smallest absolute Gasteiger partial charge is 0.414 e. The van der Waals surface area contributed by atoms with Crippen molar-refractivity contribution < 1.29 is 18.7 Å². The number of primary amides is 1. The fourth-order valence-corrected chi connectivity index (χ4v) is 4.58. The third kappa shape index (κ3) is 4.33. The maximum absolute atomic E-state index is 14.5. The molecule has 2 aliphatic heterocycles. The van der Waals surface area contributed by atoms with Gasteiger partial charge in [-0.15, -0.1) is 11.8 Å². The summed E-state index contributed by atoms with van der Waals surface area (Å²) in [5.41, 5.74) is 6.12. The molecule has 9 heteroatoms. The van der Waals surface area contributed by atoms with Crippen molar-refractivity contribution in [2.24, 2.45) is 5.73 Å². The number of benzene rings is 1. The van der Waals surface area contributed by atoms with Gasteiger partial charge in [0.25, 0.3) is 0 Å². The molecule has 2 amide bonds. The van der Waals surface area contributed by atoms with Crippen LogP contribution in [0.5, 0.6) is 0 Å². The molecular weight excluding hydrogens is 365 g/mol. The van der Waals surface area contributed by atoms with E-state index < -0.39 is 12.0 Å². The molecule has 2 saturated heterocycles. The first kappa shape index (κ1) is 18.2. The van der Waals surface area contributed by atoms with Crippen molar-refractivity contribution in [1.82, 2.24) is 0 Å². The van der Waals surface area contributed by atoms with Gasteiger partial charge < -0.3 is 15.4 Å². The molecule has 2 heterocycles. The van der Waals surface area contributed by atoms with Gasteiger partial charge in [-0.2, -0.15) is 11.8 Å². The van der Waals surface area contributed by atoms with Crippen LogP contribution in [0.4, 0.5) is 20.6 Å². The number of ether oxygens (including phenoxy) is 1. The first-order valence-electron chi connectivity index (χ1n) is 8.01. The number of nitrogens with zero attached hydrogens (tertiary/aromatic N) is 2. The van der Waals surface area contributed by atoms with Crippen LogP contribution in [0, 0.1) is 5.82 Å². The maximum atomic E-state index is 14.5. The first-order chi connectivity index (χ1) is 12.1. The second-order valence-electron chi connectivity index (χ2n) is 5.80. The number of hydrogen-bond donors (Lipinski definition) is 1. The van der Waals surface area contributed by atoms with Gasteiger partial charge in [0, 0.05) is 30.3 Å². The number of para-hydroxylation sites is 1. The fourth-order valence-electron chi connectivity index (χ4n) is 2.92. The number of rotatable bonds is 6. The van der Waals surface area contributed by atoms with E-state index in [0.29, 0.717) is 23.7 Å². The minimum absolute atomic E-state index is 0.185. The number of carbonyl (C=O) groups excluding carboxylic acids is 2. The number of cyclic esters (lactones) is 1. The predicted molar refractivity (Wildman–Crippen MR) is 100 cm³/mol. The lowest BCUT2D eigenvalue weighted by Crippen LogP contribution is -2.35. The van der Waals surface area contributed by atoms with Crippen LogP contribution in [0.1, 0.15) is 0 Å². The SMILES string of the molecule is NC(=O)CSC[C@@H]1CN(c2cccc(F)c2N2CCSCC2)C(=O)O1. The molecule has 2 fully saturated rings. The molecule has 2 N–H and O–H groups in total. The minimum atomic E-state index is -0.483. The van der Waals surface area contributed by atoms with E-state index in [1.165, 1.54) is 22.7 Å². The Bertz CT molecular complexity index is 656. The quantitative estimate of drug-likeness (QED) is 0.806. The first-order valence-corrected chi connectivity index (χ1v) is 10.3. The van der Waals surface area contributed by atoms with E-state index in [1.807, 2.05) is 16.7 Å². The monoisotopic (exact) mass is 385 g/mol. The van der Waals surface area contributed by atoms with Crippen LogP contribution in [0.15, 0.2) is 18.2 Å². The summed E-state index contributed by atoms with van der Waals surface area (Å²) in [7, 11) is 0. The highest BCUT2D eigenvalue weighted by atomic mass is 32.2. The van der Waals surface area contributed by atoms with E-state index >= 15 is 0 Å². The Hall–Kier alpha value is -1.61. The third-order valence-electron chi connectivity index (χ3n) is 4.01. The van der Waals surface area contributed by atoms with E-state index in [9.17, 15) is 14.0 Å². The van der Waals surface area contributed by atoms with Crippen molar-refractivity contribution in [1.29, 1.82) is 0 Å². The lowest BCUT2D eigenvalue weighted by molar-refractivity contribution is -0.115. The van der Waals surface area contributed by atoms with Crippen LogP contribution in [-0.2, 0) is 9.53 Å². The highest BCUT2D eigenvalue weighted by molar-refractivity contribution is 8.00. The Labute approximate surface area is 154 Å². The molecular formula is C16H20FN3O3S2. The summed E-state index contributed by atoms with van der Waals surface area (Å²) in [5, 5.41) is 0. The zero-order chi connectivity index (χ0) is 17.8. The molecule has 0 saturated carbocycles. The van der Waals surface area contributed by atoms with Gasteiger partial charge in [-0.3, -0.25) is 9.69 Å². The molecule has 1 atom stereocenters. The molecule has 1 aromatic rings. The van der Waals surface area contributed by atoms with Crippen molar-refractivity contribution in [2.75, 3.05) is 52.4 Å². The van der Waals surface area contributed by atoms with Gasteiger partial charge in [-0.25, -0.2) is 9.18 Å². The van der Waals surface area contributed by atoms with Gasteiger partial charge >= 0.3 is 6.09 Å². The van der Waals surface area contributed by atoms with Crippen molar-refractivity contribution in [3.05, 3.63) is 24.0 Å². The average molecular weight is 385 g/mol. The minimum Gasteiger partial charge on any atom is -0.443 e. The van der Waals surface area contributed by atoms with Gasteiger partial charge in [0.1, 0.15) is 11.9 Å². The molecule has 2 aliphatic rings. The number of nitrogens with two attached hydrogens (primary N) is 1. The number of thioether (sulfide) groups is 2. The van der Waals surface area contributed by atoms with Crippen molar-refractivity contribution in [3.63, 3.8) is 0 Å². The number of halogens is 1. The van der Waals surface area contributed by atoms with E-state index in [4.69, 9.17) is 10.5 Å². The normalized spacial score (nSPS) is 20.7. The highest BCUT2D eigenvalue weighted by Crippen LogP contribution is 2.36. The van der Waals surface area contributed by atoms with Crippen molar-refractivity contribution in [2.45, 2.75) is 6.10 Å². The maximum Gasteiger partial charge on any atom is 0.414 e. The van der Waals surface area contributed by atoms with Gasteiger partial charge in [-0.05, 0) is 12.1 Å². The Balaban J connectivity index is 1.76. The molecule has 3 rings (SSSR count). The van der Waals surface area contributed by atoms with Crippen LogP contribution >= 0.6 is 23.5 Å². The van der Waals surface area contributed by atoms with Gasteiger partial charge in [0.15, 0.2) is 0 Å². The van der Waals surface area contributed by atoms with E-state index in [2.05, 4.69) is 0 Å². The molecule has 0 aliphatic carbocycles. The Kier molecular flexibility index (Phi) is 5.95. The summed E-state index contributed by atoms with van der Waals surface area (Å²) in [4.78, 5) is 26.6. The molecule has 0 unspecified atom stereocenters. The molecule has 136 valence electrons. The van der Waals surface area contributed by atoms with Crippen molar-refractivity contribution in [3.8, 4) is 0 Å². The topological polar surface area (TPSA) is 75.9 Å². The summed E-state index contributed by atoms with van der Waals surface area (Å²) < 4.78 is 19.9. The average Bonchev–Trinajstić information content (AvgIpc) is 2.95. The zero-order valence-corrected chi connectivity index (χ0v) is 15.3. The lowest BCUT2D eigenvalue weighted by Gasteiger charge is -2.32. The molecule has 25 heavy (non-hydrogen) atoms. The summed E-state index contributed by atoms with van der Waals surface area (Å²) in [5.74, 6) is 1.81. The highest BCUT2D eigenvalue weighted by Gasteiger charge is 2.35. The fraction of sp³-hybridized carbons (Fsp3) is 0.500. The molecule has 1 aromatic carbocycles. The second-order valence-corrected chi connectivity index (χ2v) is 8.06. The summed E-state index contributed by atoms with van der Waals surface area (Å²) in [6.45, 7) is 1.84. The Morgan fingerprint density at radius 1 is 1.40 bits per heavy atom. The van der Waals surface area contributed by atoms with Gasteiger partial charge in [0.05, 0.1) is 23.7 Å². The second kappa shape index (κ2) is 8.18. The largest absolute Gasteiger partial charge is 0.443 e. The summed E-state index contributed by atoms with van der Waals surface area (Å²) >= 11 is 3.17. The van der Waals surface area contributed by atoms with Crippen LogP contribution < -0.4 is 15.5 Å². The van der Waals surface area contributed by atoms with Gasteiger partial charge in [-0.1, -0.05) is 6.07 Å². The standard InChI is InChI=1S/C16H20FN3O3S2/c17-12-2-1-3-13(15(12)19-4-6-24-7-5-19)20-8-11(23-16(20)22)9-25-10-14(18)21/h1-3,11H,4-10H2,(H2,18,21)/t11-/m0/s1. The molecule has 0 aromatic heterocycles. The number of carbonyl (C=O) groups is 2. The third-order valence-corrected chi connectivity index (χ3v) is 6.04. The van der Waals surface area contributed by atoms with E-state index in [0.717, 1.165) is 24.6 Å². The molecule has 0 radical (unpaired) electrons. The number of anilines is 2. The molecule has 6 nitrogen and oxygen atoms in total. The van der Waals surface area contributed by atoms with E-state index in [-0.39, 0.29) is 17.7 Å².